The smallest absolute Gasteiger partial charge is 0.328 e. The maximum Gasteiger partial charge on any atom is 0.328 e. The molecule has 0 fully saturated rings. The van der Waals surface area contributed by atoms with E-state index in [9.17, 15) is 4.79 Å². The van der Waals surface area contributed by atoms with Crippen molar-refractivity contribution < 1.29 is 9.90 Å². The molecule has 0 unspecified atom stereocenters. The molecule has 0 aromatic heterocycles. The Morgan fingerprint density at radius 3 is 3.09 bits per heavy atom. The van der Waals surface area contributed by atoms with Gasteiger partial charge in [-0.2, -0.15) is 0 Å². The molecule has 0 spiro atoms. The number of aliphatic carboxylic acids is 1. The Bertz CT molecular complexity index is 238. The minimum Gasteiger partial charge on any atom is -0.478 e. The molecule has 3 heteroatoms. The molecule has 0 amide bonds. The number of hydrogen-bond acceptors (Lipinski definition) is 2. The Morgan fingerprint density at radius 2 is 2.55 bits per heavy atom. The molecular formula is C8H9NO2. The third-order valence-corrected chi connectivity index (χ3v) is 1.36. The normalized spacial score (nSPS) is 16.9. The first-order chi connectivity index (χ1) is 5.29. The van der Waals surface area contributed by atoms with Crippen molar-refractivity contribution in [2.24, 2.45) is 4.99 Å². The molecule has 0 saturated carbocycles. The van der Waals surface area contributed by atoms with Gasteiger partial charge in [-0.15, -0.1) is 0 Å². The van der Waals surface area contributed by atoms with Crippen LogP contribution in [0, 0.1) is 0 Å². The molecule has 1 aliphatic rings. The number of dihydropyridines is 1. The second kappa shape index (κ2) is 3.71. The Balaban J connectivity index is 2.54. The highest BCUT2D eigenvalue weighted by molar-refractivity contribution is 5.81. The van der Waals surface area contributed by atoms with E-state index in [0.29, 0.717) is 0 Å². The number of nitrogens with zero attached hydrogens (tertiary/aromatic N) is 1. The molecule has 58 valence electrons. The van der Waals surface area contributed by atoms with Crippen LogP contribution in [0.4, 0.5) is 0 Å². The zero-order chi connectivity index (χ0) is 8.10. The van der Waals surface area contributed by atoms with E-state index in [0.717, 1.165) is 24.6 Å². The van der Waals surface area contributed by atoms with E-state index in [1.54, 1.807) is 12.3 Å². The van der Waals surface area contributed by atoms with E-state index >= 15 is 0 Å². The second-order valence-electron chi connectivity index (χ2n) is 2.22. The summed E-state index contributed by atoms with van der Waals surface area (Å²) in [6.07, 6.45) is 7.10. The van der Waals surface area contributed by atoms with Crippen LogP contribution in [-0.2, 0) is 4.79 Å². The van der Waals surface area contributed by atoms with Gasteiger partial charge in [-0.25, -0.2) is 4.79 Å². The van der Waals surface area contributed by atoms with E-state index in [-0.39, 0.29) is 0 Å². The summed E-state index contributed by atoms with van der Waals surface area (Å²) in [6, 6.07) is 0. The second-order valence-corrected chi connectivity index (χ2v) is 2.22. The van der Waals surface area contributed by atoms with E-state index in [2.05, 4.69) is 4.99 Å². The molecule has 11 heavy (non-hydrogen) atoms. The molecule has 0 aromatic rings. The number of allylic oxidation sites excluding steroid dienone is 2. The van der Waals surface area contributed by atoms with E-state index in [4.69, 9.17) is 5.11 Å². The molecule has 0 atom stereocenters. The zero-order valence-electron chi connectivity index (χ0n) is 6.03. The van der Waals surface area contributed by atoms with Crippen molar-refractivity contribution in [1.82, 2.24) is 0 Å². The van der Waals surface area contributed by atoms with Crippen LogP contribution < -0.4 is 0 Å². The maximum absolute atomic E-state index is 10.1. The lowest BCUT2D eigenvalue weighted by atomic mass is 10.1. The summed E-state index contributed by atoms with van der Waals surface area (Å²) < 4.78 is 0. The summed E-state index contributed by atoms with van der Waals surface area (Å²) in [7, 11) is 0. The van der Waals surface area contributed by atoms with Crippen LogP contribution in [0.3, 0.4) is 0 Å². The van der Waals surface area contributed by atoms with Crippen molar-refractivity contribution in [1.29, 1.82) is 0 Å². The first-order valence-corrected chi connectivity index (χ1v) is 3.39. The fourth-order valence-electron chi connectivity index (χ4n) is 0.817. The number of carboxylic acid groups (broad SMARTS) is 1. The lowest BCUT2D eigenvalue weighted by Gasteiger charge is -2.01. The van der Waals surface area contributed by atoms with Crippen LogP contribution in [0.2, 0.25) is 0 Å². The number of hydrogen-bond donors (Lipinski definition) is 1. The highest BCUT2D eigenvalue weighted by Crippen LogP contribution is 2.05. The highest BCUT2D eigenvalue weighted by atomic mass is 16.4. The molecule has 1 aliphatic heterocycles. The third-order valence-electron chi connectivity index (χ3n) is 1.36. The van der Waals surface area contributed by atoms with Gasteiger partial charge in [0.25, 0.3) is 0 Å². The predicted molar refractivity (Wildman–Crippen MR) is 42.8 cm³/mol. The molecule has 1 N–H and O–H groups in total. The SMILES string of the molecule is O=C(O)/C=C/C1=CC=NCC1. The Hall–Kier alpha value is -1.38. The minimum absolute atomic E-state index is 0.760. The quantitative estimate of drug-likeness (QED) is 0.599. The van der Waals surface area contributed by atoms with Gasteiger partial charge in [0.05, 0.1) is 0 Å². The molecule has 1 heterocycles. The molecule has 0 radical (unpaired) electrons. The van der Waals surface area contributed by atoms with Crippen molar-refractivity contribution in [2.45, 2.75) is 6.42 Å². The first-order valence-electron chi connectivity index (χ1n) is 3.39. The first kappa shape index (κ1) is 7.72. The highest BCUT2D eigenvalue weighted by Gasteiger charge is 1.95. The zero-order valence-corrected chi connectivity index (χ0v) is 6.03. The lowest BCUT2D eigenvalue weighted by molar-refractivity contribution is -0.131. The number of carbonyl (C=O) groups is 1. The Kier molecular flexibility index (Phi) is 2.60. The van der Waals surface area contributed by atoms with Crippen LogP contribution in [0.15, 0.2) is 28.8 Å². The standard InChI is InChI=1S/C8H9NO2/c10-8(11)2-1-7-3-5-9-6-4-7/h1-3,5H,4,6H2,(H,10,11)/b2-1+. The number of carboxylic acids is 1. The fourth-order valence-corrected chi connectivity index (χ4v) is 0.817. The van der Waals surface area contributed by atoms with Crippen molar-refractivity contribution in [3.05, 3.63) is 23.8 Å². The number of rotatable bonds is 2. The molecule has 0 saturated heterocycles. The van der Waals surface area contributed by atoms with Gasteiger partial charge in [-0.3, -0.25) is 4.99 Å². The Labute approximate surface area is 64.8 Å². The molecule has 3 nitrogen and oxygen atoms in total. The largest absolute Gasteiger partial charge is 0.478 e. The van der Waals surface area contributed by atoms with Gasteiger partial charge in [0.2, 0.25) is 0 Å². The summed E-state index contributed by atoms with van der Waals surface area (Å²) >= 11 is 0. The summed E-state index contributed by atoms with van der Waals surface area (Å²) in [4.78, 5) is 14.1. The van der Waals surface area contributed by atoms with Crippen LogP contribution in [0.1, 0.15) is 6.42 Å². The monoisotopic (exact) mass is 151 g/mol. The van der Waals surface area contributed by atoms with Gasteiger partial charge >= 0.3 is 5.97 Å². The Morgan fingerprint density at radius 1 is 1.73 bits per heavy atom. The van der Waals surface area contributed by atoms with Gasteiger partial charge in [0.1, 0.15) is 0 Å². The van der Waals surface area contributed by atoms with Crippen LogP contribution in [0.5, 0.6) is 0 Å². The van der Waals surface area contributed by atoms with Gasteiger partial charge < -0.3 is 5.11 Å². The van der Waals surface area contributed by atoms with Gasteiger partial charge in [0, 0.05) is 18.8 Å². The van der Waals surface area contributed by atoms with Crippen LogP contribution in [-0.4, -0.2) is 23.8 Å². The molecule has 0 aliphatic carbocycles. The topological polar surface area (TPSA) is 49.7 Å². The summed E-state index contributed by atoms with van der Waals surface area (Å²) in [5, 5.41) is 8.30. The van der Waals surface area contributed by atoms with Crippen molar-refractivity contribution in [3.8, 4) is 0 Å². The van der Waals surface area contributed by atoms with E-state index in [1.807, 2.05) is 6.08 Å². The van der Waals surface area contributed by atoms with Crippen molar-refractivity contribution in [3.63, 3.8) is 0 Å². The van der Waals surface area contributed by atoms with Gasteiger partial charge in [-0.05, 0) is 18.1 Å². The van der Waals surface area contributed by atoms with Crippen molar-refractivity contribution in [2.75, 3.05) is 6.54 Å². The lowest BCUT2D eigenvalue weighted by Crippen LogP contribution is -1.93. The van der Waals surface area contributed by atoms with Gasteiger partial charge in [-0.1, -0.05) is 6.08 Å². The van der Waals surface area contributed by atoms with E-state index < -0.39 is 5.97 Å². The van der Waals surface area contributed by atoms with E-state index in [1.165, 1.54) is 0 Å². The molecule has 1 rings (SSSR count). The van der Waals surface area contributed by atoms with Crippen molar-refractivity contribution >= 4 is 12.2 Å². The maximum atomic E-state index is 10.1. The molecule has 0 bridgehead atoms. The third kappa shape index (κ3) is 2.80. The predicted octanol–water partition coefficient (Wildman–Crippen LogP) is 1.03. The van der Waals surface area contributed by atoms with Gasteiger partial charge in [0.15, 0.2) is 0 Å². The van der Waals surface area contributed by atoms with Crippen LogP contribution in [0.25, 0.3) is 0 Å². The summed E-state index contributed by atoms with van der Waals surface area (Å²) in [5.74, 6) is -0.909. The summed E-state index contributed by atoms with van der Waals surface area (Å²) in [5.41, 5.74) is 1.02. The molecule has 0 aromatic carbocycles. The average molecular weight is 151 g/mol. The van der Waals surface area contributed by atoms with Crippen LogP contribution >= 0.6 is 0 Å². The average Bonchev–Trinajstić information content (AvgIpc) is 2.03. The summed E-state index contributed by atoms with van der Waals surface area (Å²) in [6.45, 7) is 0.760. The molecular weight excluding hydrogens is 142 g/mol. The minimum atomic E-state index is -0.909. The fraction of sp³-hybridized carbons (Fsp3) is 0.250. The number of aliphatic imine (C=N–C) groups is 1.